The van der Waals surface area contributed by atoms with E-state index in [0.717, 1.165) is 19.0 Å². The number of hydrogen-bond acceptors (Lipinski definition) is 2. The van der Waals surface area contributed by atoms with Crippen molar-refractivity contribution in [3.8, 4) is 0 Å². The van der Waals surface area contributed by atoms with Crippen LogP contribution >= 0.6 is 0 Å². The Bertz CT molecular complexity index is 132. The second-order valence-corrected chi connectivity index (χ2v) is 4.72. The summed E-state index contributed by atoms with van der Waals surface area (Å²) in [6.45, 7) is 3.58. The van der Waals surface area contributed by atoms with Crippen molar-refractivity contribution in [2.45, 2.75) is 57.9 Å². The Hall–Kier alpha value is -0.0800. The molecule has 0 aromatic carbocycles. The Morgan fingerprint density at radius 3 is 2.64 bits per heavy atom. The number of aliphatic hydroxyl groups excluding tert-OH is 1. The van der Waals surface area contributed by atoms with Gasteiger partial charge < -0.3 is 10.4 Å². The third-order valence-electron chi connectivity index (χ3n) is 3.22. The molecule has 1 fully saturated rings. The van der Waals surface area contributed by atoms with Crippen molar-refractivity contribution >= 4 is 0 Å². The number of aliphatic hydroxyl groups is 1. The third kappa shape index (κ3) is 4.97. The van der Waals surface area contributed by atoms with Crippen molar-refractivity contribution in [2.24, 2.45) is 5.92 Å². The van der Waals surface area contributed by atoms with E-state index in [1.807, 2.05) is 0 Å². The van der Waals surface area contributed by atoms with Crippen LogP contribution in [0.15, 0.2) is 0 Å². The van der Waals surface area contributed by atoms with Gasteiger partial charge in [-0.25, -0.2) is 0 Å². The van der Waals surface area contributed by atoms with Crippen LogP contribution in [0.25, 0.3) is 0 Å². The maximum atomic E-state index is 8.86. The van der Waals surface area contributed by atoms with Crippen LogP contribution in [0.5, 0.6) is 0 Å². The van der Waals surface area contributed by atoms with Crippen molar-refractivity contribution < 1.29 is 5.11 Å². The SMILES string of the molecule is CC(CO)CCCNC1CCCCC1. The Morgan fingerprint density at radius 1 is 1.29 bits per heavy atom. The fourth-order valence-electron chi connectivity index (χ4n) is 2.15. The molecule has 0 spiro atoms. The lowest BCUT2D eigenvalue weighted by Gasteiger charge is -2.23. The maximum Gasteiger partial charge on any atom is 0.0456 e. The van der Waals surface area contributed by atoms with E-state index in [9.17, 15) is 0 Å². The van der Waals surface area contributed by atoms with Crippen LogP contribution in [-0.2, 0) is 0 Å². The lowest BCUT2D eigenvalue weighted by atomic mass is 9.95. The minimum atomic E-state index is 0.337. The monoisotopic (exact) mass is 199 g/mol. The normalized spacial score (nSPS) is 21.0. The van der Waals surface area contributed by atoms with Crippen LogP contribution in [0.3, 0.4) is 0 Å². The van der Waals surface area contributed by atoms with E-state index in [0.29, 0.717) is 12.5 Å². The molecule has 1 aliphatic rings. The molecular weight excluding hydrogens is 174 g/mol. The van der Waals surface area contributed by atoms with Crippen molar-refractivity contribution in [1.29, 1.82) is 0 Å². The molecule has 84 valence electrons. The molecule has 0 aromatic heterocycles. The zero-order valence-electron chi connectivity index (χ0n) is 9.47. The van der Waals surface area contributed by atoms with Gasteiger partial charge in [0, 0.05) is 12.6 Å². The summed E-state index contributed by atoms with van der Waals surface area (Å²) < 4.78 is 0. The van der Waals surface area contributed by atoms with E-state index < -0.39 is 0 Å². The Kier molecular flexibility index (Phi) is 6.20. The molecular formula is C12H25NO. The zero-order valence-corrected chi connectivity index (χ0v) is 9.47. The predicted molar refractivity (Wildman–Crippen MR) is 60.4 cm³/mol. The van der Waals surface area contributed by atoms with E-state index in [1.165, 1.54) is 38.5 Å². The molecule has 0 saturated heterocycles. The highest BCUT2D eigenvalue weighted by Gasteiger charge is 2.11. The predicted octanol–water partition coefficient (Wildman–Crippen LogP) is 2.32. The van der Waals surface area contributed by atoms with Gasteiger partial charge in [0.25, 0.3) is 0 Å². The highest BCUT2D eigenvalue weighted by Crippen LogP contribution is 2.17. The second kappa shape index (κ2) is 7.24. The number of nitrogens with one attached hydrogen (secondary N) is 1. The van der Waals surface area contributed by atoms with Crippen LogP contribution < -0.4 is 5.32 Å². The molecule has 0 aromatic rings. The van der Waals surface area contributed by atoms with Gasteiger partial charge in [0.1, 0.15) is 0 Å². The van der Waals surface area contributed by atoms with Crippen LogP contribution in [0, 0.1) is 5.92 Å². The molecule has 2 heteroatoms. The van der Waals surface area contributed by atoms with Gasteiger partial charge in [-0.1, -0.05) is 26.2 Å². The topological polar surface area (TPSA) is 32.3 Å². The van der Waals surface area contributed by atoms with Gasteiger partial charge in [-0.2, -0.15) is 0 Å². The smallest absolute Gasteiger partial charge is 0.0456 e. The molecule has 1 unspecified atom stereocenters. The van der Waals surface area contributed by atoms with Crippen LogP contribution in [0.2, 0.25) is 0 Å². The van der Waals surface area contributed by atoms with Crippen LogP contribution in [0.1, 0.15) is 51.9 Å². The van der Waals surface area contributed by atoms with E-state index >= 15 is 0 Å². The molecule has 2 nitrogen and oxygen atoms in total. The van der Waals surface area contributed by atoms with E-state index in [-0.39, 0.29) is 0 Å². The number of rotatable bonds is 6. The zero-order chi connectivity index (χ0) is 10.2. The summed E-state index contributed by atoms with van der Waals surface area (Å²) in [5.41, 5.74) is 0. The van der Waals surface area contributed by atoms with Crippen molar-refractivity contribution in [3.05, 3.63) is 0 Å². The Morgan fingerprint density at radius 2 is 2.00 bits per heavy atom. The minimum absolute atomic E-state index is 0.337. The fraction of sp³-hybridized carbons (Fsp3) is 1.00. The molecule has 0 bridgehead atoms. The first-order valence-electron chi connectivity index (χ1n) is 6.17. The summed E-state index contributed by atoms with van der Waals surface area (Å²) in [7, 11) is 0. The molecule has 1 atom stereocenters. The molecule has 0 aliphatic heterocycles. The lowest BCUT2D eigenvalue weighted by Crippen LogP contribution is -2.31. The molecule has 1 saturated carbocycles. The summed E-state index contributed by atoms with van der Waals surface area (Å²) >= 11 is 0. The van der Waals surface area contributed by atoms with Gasteiger partial charge in [-0.05, 0) is 38.1 Å². The van der Waals surface area contributed by atoms with E-state index in [2.05, 4.69) is 12.2 Å². The van der Waals surface area contributed by atoms with Crippen molar-refractivity contribution in [3.63, 3.8) is 0 Å². The van der Waals surface area contributed by atoms with Crippen molar-refractivity contribution in [1.82, 2.24) is 5.32 Å². The van der Waals surface area contributed by atoms with Gasteiger partial charge >= 0.3 is 0 Å². The van der Waals surface area contributed by atoms with E-state index in [4.69, 9.17) is 5.11 Å². The summed E-state index contributed by atoms with van der Waals surface area (Å²) in [6, 6.07) is 0.785. The van der Waals surface area contributed by atoms with Crippen molar-refractivity contribution in [2.75, 3.05) is 13.2 Å². The molecule has 2 N–H and O–H groups in total. The van der Waals surface area contributed by atoms with Crippen LogP contribution in [0.4, 0.5) is 0 Å². The summed E-state index contributed by atoms with van der Waals surface area (Å²) in [6.07, 6.45) is 9.34. The molecule has 0 heterocycles. The standard InChI is InChI=1S/C12H25NO/c1-11(10-14)6-5-9-13-12-7-3-2-4-8-12/h11-14H,2-10H2,1H3. The molecule has 1 rings (SSSR count). The lowest BCUT2D eigenvalue weighted by molar-refractivity contribution is 0.227. The summed E-state index contributed by atoms with van der Waals surface area (Å²) in [5, 5.41) is 12.5. The highest BCUT2D eigenvalue weighted by molar-refractivity contribution is 4.71. The fourth-order valence-corrected chi connectivity index (χ4v) is 2.15. The average molecular weight is 199 g/mol. The summed E-state index contributed by atoms with van der Waals surface area (Å²) in [4.78, 5) is 0. The molecule has 1 aliphatic carbocycles. The third-order valence-corrected chi connectivity index (χ3v) is 3.22. The number of hydrogen-bond donors (Lipinski definition) is 2. The molecule has 0 radical (unpaired) electrons. The second-order valence-electron chi connectivity index (χ2n) is 4.72. The quantitative estimate of drug-likeness (QED) is 0.643. The largest absolute Gasteiger partial charge is 0.396 e. The highest BCUT2D eigenvalue weighted by atomic mass is 16.3. The first-order chi connectivity index (χ1) is 6.83. The summed E-state index contributed by atoms with van der Waals surface area (Å²) in [5.74, 6) is 0.475. The van der Waals surface area contributed by atoms with Gasteiger partial charge in [0.15, 0.2) is 0 Å². The molecule has 0 amide bonds. The Balaban J connectivity index is 1.92. The first-order valence-corrected chi connectivity index (χ1v) is 6.17. The van der Waals surface area contributed by atoms with Gasteiger partial charge in [0.2, 0.25) is 0 Å². The Labute approximate surface area is 88.1 Å². The van der Waals surface area contributed by atoms with E-state index in [1.54, 1.807) is 0 Å². The minimum Gasteiger partial charge on any atom is -0.396 e. The first kappa shape index (κ1) is 12.0. The maximum absolute atomic E-state index is 8.86. The molecule has 14 heavy (non-hydrogen) atoms. The van der Waals surface area contributed by atoms with Gasteiger partial charge in [-0.15, -0.1) is 0 Å². The average Bonchev–Trinajstić information content (AvgIpc) is 2.25. The van der Waals surface area contributed by atoms with Gasteiger partial charge in [-0.3, -0.25) is 0 Å². The van der Waals surface area contributed by atoms with Crippen LogP contribution in [-0.4, -0.2) is 24.3 Å². The van der Waals surface area contributed by atoms with Gasteiger partial charge in [0.05, 0.1) is 0 Å².